The van der Waals surface area contributed by atoms with Crippen molar-refractivity contribution in [2.45, 2.75) is 32.6 Å². The normalized spacial score (nSPS) is 12.0. The zero-order chi connectivity index (χ0) is 26.3. The number of hydrogen-bond acceptors (Lipinski definition) is 5. The summed E-state index contributed by atoms with van der Waals surface area (Å²) in [7, 11) is -1.78. The zero-order valence-corrected chi connectivity index (χ0v) is 21.7. The van der Waals surface area contributed by atoms with E-state index in [1.807, 2.05) is 30.3 Å². The van der Waals surface area contributed by atoms with Gasteiger partial charge in [0.05, 0.1) is 19.1 Å². The second-order valence-corrected chi connectivity index (χ2v) is 11.2. The number of methoxy groups -OCH3 is 1. The van der Waals surface area contributed by atoms with Gasteiger partial charge in [-0.2, -0.15) is 0 Å². The van der Waals surface area contributed by atoms with Gasteiger partial charge in [-0.05, 0) is 58.5 Å². The molecule has 36 heavy (non-hydrogen) atoms. The van der Waals surface area contributed by atoms with Gasteiger partial charge >= 0.3 is 5.69 Å². The maximum absolute atomic E-state index is 12.6. The van der Waals surface area contributed by atoms with E-state index in [-0.39, 0.29) is 5.41 Å². The molecule has 0 bridgehead atoms. The lowest BCUT2D eigenvalue weighted by atomic mass is 9.79. The molecule has 8 nitrogen and oxygen atoms in total. The molecule has 1 heterocycles. The van der Waals surface area contributed by atoms with Crippen LogP contribution < -0.4 is 20.7 Å². The van der Waals surface area contributed by atoms with Gasteiger partial charge in [0.2, 0.25) is 10.0 Å². The highest BCUT2D eigenvalue weighted by Gasteiger charge is 2.27. The first-order chi connectivity index (χ1) is 16.9. The van der Waals surface area contributed by atoms with Crippen molar-refractivity contribution in [3.8, 4) is 22.6 Å². The number of aromatic amines is 1. The SMILES string of the molecule is CCC(C)(C)c1cc(-n2c(=O)cc[nH]c2=O)cc(-c2ccc3cc(NS(C)(=O)=O)ccc3c2)c1OC. The fourth-order valence-corrected chi connectivity index (χ4v) is 4.78. The predicted octanol–water partition coefficient (Wildman–Crippen LogP) is 4.41. The molecule has 0 unspecified atom stereocenters. The highest BCUT2D eigenvalue weighted by molar-refractivity contribution is 7.92. The Kier molecular flexibility index (Phi) is 6.53. The van der Waals surface area contributed by atoms with E-state index in [9.17, 15) is 18.0 Å². The lowest BCUT2D eigenvalue weighted by molar-refractivity contribution is 0.390. The number of sulfonamides is 1. The van der Waals surface area contributed by atoms with Crippen molar-refractivity contribution >= 4 is 26.5 Å². The molecule has 0 saturated heterocycles. The number of anilines is 1. The Morgan fingerprint density at radius 2 is 1.69 bits per heavy atom. The Morgan fingerprint density at radius 1 is 1.00 bits per heavy atom. The topological polar surface area (TPSA) is 110 Å². The molecule has 0 atom stereocenters. The maximum Gasteiger partial charge on any atom is 0.332 e. The van der Waals surface area contributed by atoms with Gasteiger partial charge in [-0.25, -0.2) is 17.8 Å². The van der Waals surface area contributed by atoms with Crippen molar-refractivity contribution in [1.82, 2.24) is 9.55 Å². The first-order valence-corrected chi connectivity index (χ1v) is 13.4. The summed E-state index contributed by atoms with van der Waals surface area (Å²) in [5.41, 5.74) is 2.12. The Balaban J connectivity index is 1.98. The van der Waals surface area contributed by atoms with Crippen LogP contribution in [0.5, 0.6) is 5.75 Å². The summed E-state index contributed by atoms with van der Waals surface area (Å²) in [6.07, 6.45) is 3.25. The quantitative estimate of drug-likeness (QED) is 0.385. The van der Waals surface area contributed by atoms with Crippen LogP contribution >= 0.6 is 0 Å². The number of ether oxygens (including phenoxy) is 1. The third-order valence-electron chi connectivity index (χ3n) is 6.46. The maximum atomic E-state index is 12.6. The number of nitrogens with one attached hydrogen (secondary N) is 2. The summed E-state index contributed by atoms with van der Waals surface area (Å²) in [5, 5.41) is 1.75. The standard InChI is InChI=1S/C27H29N3O5S/c1-6-27(2,3)23-16-21(30-24(31)11-12-28-26(30)32)15-22(25(23)35-4)19-8-7-18-14-20(29-36(5,33)34)10-9-17(18)13-19/h7-16,29H,6H2,1-5H3,(H,28,32). The zero-order valence-electron chi connectivity index (χ0n) is 20.9. The number of hydrogen-bond donors (Lipinski definition) is 2. The van der Waals surface area contributed by atoms with Gasteiger partial charge in [-0.3, -0.25) is 9.52 Å². The number of rotatable bonds is 7. The fourth-order valence-electron chi connectivity index (χ4n) is 4.23. The van der Waals surface area contributed by atoms with Crippen LogP contribution in [0, 0.1) is 0 Å². The molecule has 0 aliphatic rings. The van der Waals surface area contributed by atoms with Crippen LogP contribution in [0.1, 0.15) is 32.8 Å². The van der Waals surface area contributed by atoms with Gasteiger partial charge in [0.15, 0.2) is 0 Å². The van der Waals surface area contributed by atoms with Crippen LogP contribution in [0.2, 0.25) is 0 Å². The fraction of sp³-hybridized carbons (Fsp3) is 0.259. The number of benzene rings is 3. The Hall–Kier alpha value is -3.85. The van der Waals surface area contributed by atoms with E-state index in [2.05, 4.69) is 30.5 Å². The lowest BCUT2D eigenvalue weighted by Gasteiger charge is -2.28. The molecule has 0 aliphatic carbocycles. The number of H-pyrrole nitrogens is 1. The highest BCUT2D eigenvalue weighted by Crippen LogP contribution is 2.43. The molecule has 0 fully saturated rings. The molecule has 4 aromatic rings. The van der Waals surface area contributed by atoms with Crippen LogP contribution in [0.15, 0.2) is 70.4 Å². The Morgan fingerprint density at radius 3 is 2.33 bits per heavy atom. The second-order valence-electron chi connectivity index (χ2n) is 9.42. The molecule has 2 N–H and O–H groups in total. The lowest BCUT2D eigenvalue weighted by Crippen LogP contribution is -2.32. The largest absolute Gasteiger partial charge is 0.496 e. The van der Waals surface area contributed by atoms with Gasteiger partial charge in [0.25, 0.3) is 5.56 Å². The van der Waals surface area contributed by atoms with Crippen LogP contribution in [-0.4, -0.2) is 31.3 Å². The Labute approximate surface area is 209 Å². The van der Waals surface area contributed by atoms with Crippen molar-refractivity contribution < 1.29 is 13.2 Å². The average Bonchev–Trinajstić information content (AvgIpc) is 2.82. The third-order valence-corrected chi connectivity index (χ3v) is 7.07. The predicted molar refractivity (Wildman–Crippen MR) is 144 cm³/mol. The van der Waals surface area contributed by atoms with Crippen molar-refractivity contribution in [3.63, 3.8) is 0 Å². The molecule has 0 radical (unpaired) electrons. The van der Waals surface area contributed by atoms with Gasteiger partial charge in [-0.15, -0.1) is 0 Å². The van der Waals surface area contributed by atoms with Gasteiger partial charge in [0, 0.05) is 29.1 Å². The molecule has 3 aromatic carbocycles. The van der Waals surface area contributed by atoms with Gasteiger partial charge < -0.3 is 9.72 Å². The van der Waals surface area contributed by atoms with Crippen LogP contribution in [-0.2, 0) is 15.4 Å². The summed E-state index contributed by atoms with van der Waals surface area (Å²) in [4.78, 5) is 27.8. The van der Waals surface area contributed by atoms with E-state index in [1.54, 1.807) is 25.3 Å². The van der Waals surface area contributed by atoms with Crippen molar-refractivity contribution in [2.24, 2.45) is 0 Å². The van der Waals surface area contributed by atoms with Crippen LogP contribution in [0.25, 0.3) is 27.6 Å². The summed E-state index contributed by atoms with van der Waals surface area (Å²) in [6.45, 7) is 6.26. The minimum atomic E-state index is -3.39. The first kappa shape index (κ1) is 25.2. The van der Waals surface area contributed by atoms with E-state index in [1.165, 1.54) is 12.3 Å². The molecule has 188 valence electrons. The smallest absolute Gasteiger partial charge is 0.332 e. The van der Waals surface area contributed by atoms with Gasteiger partial charge in [-0.1, -0.05) is 39.0 Å². The van der Waals surface area contributed by atoms with Crippen LogP contribution in [0.3, 0.4) is 0 Å². The van der Waals surface area contributed by atoms with E-state index < -0.39 is 21.3 Å². The minimum Gasteiger partial charge on any atom is -0.496 e. The number of fused-ring (bicyclic) bond motifs is 1. The summed E-state index contributed by atoms with van der Waals surface area (Å²) >= 11 is 0. The molecule has 0 aliphatic heterocycles. The monoisotopic (exact) mass is 507 g/mol. The van der Waals surface area contributed by atoms with E-state index in [0.717, 1.165) is 44.7 Å². The molecular weight excluding hydrogens is 478 g/mol. The van der Waals surface area contributed by atoms with Crippen molar-refractivity contribution in [1.29, 1.82) is 0 Å². The minimum absolute atomic E-state index is 0.301. The number of nitrogens with zero attached hydrogens (tertiary/aromatic N) is 1. The average molecular weight is 508 g/mol. The van der Waals surface area contributed by atoms with E-state index in [0.29, 0.717) is 17.1 Å². The van der Waals surface area contributed by atoms with Gasteiger partial charge in [0.1, 0.15) is 5.75 Å². The summed E-state index contributed by atoms with van der Waals surface area (Å²) in [6, 6.07) is 16.0. The molecule has 1 aromatic heterocycles. The third kappa shape index (κ3) is 4.92. The molecule has 0 saturated carbocycles. The van der Waals surface area contributed by atoms with Crippen molar-refractivity contribution in [3.05, 3.63) is 87.2 Å². The molecule has 9 heteroatoms. The van der Waals surface area contributed by atoms with E-state index in [4.69, 9.17) is 4.74 Å². The molecule has 0 spiro atoms. The number of aromatic nitrogens is 2. The second kappa shape index (κ2) is 9.31. The first-order valence-electron chi connectivity index (χ1n) is 11.5. The van der Waals surface area contributed by atoms with Crippen LogP contribution in [0.4, 0.5) is 5.69 Å². The molecule has 4 rings (SSSR count). The Bertz CT molecular complexity index is 1660. The summed E-state index contributed by atoms with van der Waals surface area (Å²) in [5.74, 6) is 0.667. The summed E-state index contributed by atoms with van der Waals surface area (Å²) < 4.78 is 32.7. The molecular formula is C27H29N3O5S. The molecule has 0 amide bonds. The van der Waals surface area contributed by atoms with E-state index >= 15 is 0 Å². The highest BCUT2D eigenvalue weighted by atomic mass is 32.2. The van der Waals surface area contributed by atoms with Crippen molar-refractivity contribution in [2.75, 3.05) is 18.1 Å².